The van der Waals surface area contributed by atoms with E-state index in [1.165, 1.54) is 0 Å². The van der Waals surface area contributed by atoms with E-state index in [0.717, 1.165) is 22.8 Å². The summed E-state index contributed by atoms with van der Waals surface area (Å²) in [5.41, 5.74) is 7.28. The maximum atomic E-state index is 5.41. The van der Waals surface area contributed by atoms with Crippen LogP contribution in [0, 0.1) is 13.8 Å². The molecule has 0 saturated heterocycles. The van der Waals surface area contributed by atoms with Crippen LogP contribution in [0.3, 0.4) is 0 Å². The Kier molecular flexibility index (Phi) is 3.44. The summed E-state index contributed by atoms with van der Waals surface area (Å²) in [6.07, 6.45) is 0. The van der Waals surface area contributed by atoms with E-state index in [-0.39, 0.29) is 0 Å². The van der Waals surface area contributed by atoms with Crippen LogP contribution in [0.2, 0.25) is 0 Å². The van der Waals surface area contributed by atoms with Crippen LogP contribution in [0.25, 0.3) is 11.3 Å². The fourth-order valence-corrected chi connectivity index (χ4v) is 1.68. The van der Waals surface area contributed by atoms with Gasteiger partial charge in [-0.2, -0.15) is 0 Å². The Hall–Kier alpha value is -1.81. The van der Waals surface area contributed by atoms with E-state index in [0.29, 0.717) is 19.0 Å². The number of rotatable bonds is 4. The molecule has 0 aliphatic rings. The number of benzene rings is 1. The highest BCUT2D eigenvalue weighted by molar-refractivity contribution is 5.61. The van der Waals surface area contributed by atoms with Gasteiger partial charge in [0, 0.05) is 19.0 Å². The van der Waals surface area contributed by atoms with Crippen molar-refractivity contribution in [2.75, 3.05) is 13.2 Å². The molecule has 0 spiro atoms. The number of nitrogens with zero attached hydrogens (tertiary/aromatic N) is 1. The van der Waals surface area contributed by atoms with E-state index < -0.39 is 0 Å². The molecule has 0 bridgehead atoms. The maximum Gasteiger partial charge on any atom is 0.191 e. The van der Waals surface area contributed by atoms with Crippen molar-refractivity contribution >= 4 is 0 Å². The summed E-state index contributed by atoms with van der Waals surface area (Å²) >= 11 is 0. The number of oxazole rings is 1. The van der Waals surface area contributed by atoms with E-state index in [1.807, 2.05) is 38.1 Å². The van der Waals surface area contributed by atoms with Gasteiger partial charge in [-0.3, -0.25) is 0 Å². The van der Waals surface area contributed by atoms with Crippen LogP contribution in [0.15, 0.2) is 28.7 Å². The third-order valence-corrected chi connectivity index (χ3v) is 2.42. The SMILES string of the molecule is Cc1nc(-c2ccc(OCCN)cc2)c(C)o1. The molecule has 90 valence electrons. The molecule has 4 nitrogen and oxygen atoms in total. The minimum Gasteiger partial charge on any atom is -0.492 e. The van der Waals surface area contributed by atoms with Crippen LogP contribution in [0.4, 0.5) is 0 Å². The van der Waals surface area contributed by atoms with Gasteiger partial charge in [-0.15, -0.1) is 0 Å². The zero-order valence-corrected chi connectivity index (χ0v) is 10.1. The Morgan fingerprint density at radius 3 is 2.47 bits per heavy atom. The molecular formula is C13H16N2O2. The second-order valence-corrected chi connectivity index (χ2v) is 3.80. The van der Waals surface area contributed by atoms with Gasteiger partial charge < -0.3 is 14.9 Å². The summed E-state index contributed by atoms with van der Waals surface area (Å²) in [5.74, 6) is 2.33. The Morgan fingerprint density at radius 1 is 1.24 bits per heavy atom. The van der Waals surface area contributed by atoms with Gasteiger partial charge in [-0.25, -0.2) is 4.98 Å². The number of nitrogens with two attached hydrogens (primary N) is 1. The van der Waals surface area contributed by atoms with Gasteiger partial charge >= 0.3 is 0 Å². The normalized spacial score (nSPS) is 10.5. The van der Waals surface area contributed by atoms with Crippen molar-refractivity contribution in [3.05, 3.63) is 35.9 Å². The fraction of sp³-hybridized carbons (Fsp3) is 0.308. The standard InChI is InChI=1S/C13H16N2O2/c1-9-13(15-10(2)17-9)11-3-5-12(6-4-11)16-8-7-14/h3-6H,7-8,14H2,1-2H3. The van der Waals surface area contributed by atoms with Crippen LogP contribution < -0.4 is 10.5 Å². The van der Waals surface area contributed by atoms with E-state index in [4.69, 9.17) is 14.9 Å². The maximum absolute atomic E-state index is 5.41. The molecule has 4 heteroatoms. The van der Waals surface area contributed by atoms with Crippen LogP contribution in [-0.4, -0.2) is 18.1 Å². The van der Waals surface area contributed by atoms with Crippen molar-refractivity contribution < 1.29 is 9.15 Å². The summed E-state index contributed by atoms with van der Waals surface area (Å²) in [6.45, 7) is 4.80. The lowest BCUT2D eigenvalue weighted by Crippen LogP contribution is -2.10. The summed E-state index contributed by atoms with van der Waals surface area (Å²) in [4.78, 5) is 4.34. The van der Waals surface area contributed by atoms with Crippen molar-refractivity contribution in [3.8, 4) is 17.0 Å². The van der Waals surface area contributed by atoms with E-state index in [1.54, 1.807) is 0 Å². The third-order valence-electron chi connectivity index (χ3n) is 2.42. The average molecular weight is 232 g/mol. The summed E-state index contributed by atoms with van der Waals surface area (Å²) < 4.78 is 10.8. The summed E-state index contributed by atoms with van der Waals surface area (Å²) in [7, 11) is 0. The van der Waals surface area contributed by atoms with Gasteiger partial charge in [-0.1, -0.05) is 0 Å². The van der Waals surface area contributed by atoms with Gasteiger partial charge in [0.25, 0.3) is 0 Å². The van der Waals surface area contributed by atoms with Crippen molar-refractivity contribution in [2.45, 2.75) is 13.8 Å². The van der Waals surface area contributed by atoms with Crippen LogP contribution in [0.5, 0.6) is 5.75 Å². The second-order valence-electron chi connectivity index (χ2n) is 3.80. The highest BCUT2D eigenvalue weighted by Gasteiger charge is 2.08. The molecule has 0 aliphatic heterocycles. The number of hydrogen-bond donors (Lipinski definition) is 1. The number of aryl methyl sites for hydroxylation is 2. The molecule has 0 aliphatic carbocycles. The molecule has 0 saturated carbocycles. The highest BCUT2D eigenvalue weighted by Crippen LogP contribution is 2.25. The first kappa shape index (κ1) is 11.7. The first-order valence-electron chi connectivity index (χ1n) is 5.58. The van der Waals surface area contributed by atoms with Gasteiger partial charge in [0.15, 0.2) is 5.89 Å². The van der Waals surface area contributed by atoms with Crippen LogP contribution >= 0.6 is 0 Å². The predicted molar refractivity (Wildman–Crippen MR) is 66.0 cm³/mol. The molecule has 0 amide bonds. The zero-order chi connectivity index (χ0) is 12.3. The second kappa shape index (κ2) is 5.01. The lowest BCUT2D eigenvalue weighted by molar-refractivity contribution is 0.328. The third kappa shape index (κ3) is 2.65. The number of hydrogen-bond acceptors (Lipinski definition) is 4. The van der Waals surface area contributed by atoms with Crippen LogP contribution in [-0.2, 0) is 0 Å². The predicted octanol–water partition coefficient (Wildman–Crippen LogP) is 2.30. The lowest BCUT2D eigenvalue weighted by atomic mass is 10.1. The quantitative estimate of drug-likeness (QED) is 0.878. The van der Waals surface area contributed by atoms with Crippen LogP contribution in [0.1, 0.15) is 11.7 Å². The van der Waals surface area contributed by atoms with Gasteiger partial charge in [0.2, 0.25) is 0 Å². The van der Waals surface area contributed by atoms with E-state index in [9.17, 15) is 0 Å². The molecule has 0 unspecified atom stereocenters. The van der Waals surface area contributed by atoms with E-state index in [2.05, 4.69) is 4.98 Å². The Bertz CT molecular complexity index is 489. The molecular weight excluding hydrogens is 216 g/mol. The number of aromatic nitrogens is 1. The lowest BCUT2D eigenvalue weighted by Gasteiger charge is -2.04. The molecule has 0 atom stereocenters. The molecule has 2 aromatic rings. The summed E-state index contributed by atoms with van der Waals surface area (Å²) in [6, 6.07) is 7.76. The smallest absolute Gasteiger partial charge is 0.191 e. The Balaban J connectivity index is 2.20. The van der Waals surface area contributed by atoms with Crippen molar-refractivity contribution in [3.63, 3.8) is 0 Å². The van der Waals surface area contributed by atoms with Crippen molar-refractivity contribution in [1.82, 2.24) is 4.98 Å². The average Bonchev–Trinajstić information content (AvgIpc) is 2.66. The Labute approximate surface area is 100 Å². The molecule has 1 aromatic heterocycles. The zero-order valence-electron chi connectivity index (χ0n) is 10.1. The van der Waals surface area contributed by atoms with E-state index >= 15 is 0 Å². The van der Waals surface area contributed by atoms with Gasteiger partial charge in [0.1, 0.15) is 23.8 Å². The molecule has 1 heterocycles. The first-order valence-corrected chi connectivity index (χ1v) is 5.58. The van der Waals surface area contributed by atoms with Gasteiger partial charge in [-0.05, 0) is 31.2 Å². The molecule has 0 fully saturated rings. The molecule has 1 aromatic carbocycles. The first-order chi connectivity index (χ1) is 8.20. The van der Waals surface area contributed by atoms with Gasteiger partial charge in [0.05, 0.1) is 0 Å². The fourth-order valence-electron chi connectivity index (χ4n) is 1.68. The van der Waals surface area contributed by atoms with Crippen molar-refractivity contribution in [2.24, 2.45) is 5.73 Å². The summed E-state index contributed by atoms with van der Waals surface area (Å²) in [5, 5.41) is 0. The highest BCUT2D eigenvalue weighted by atomic mass is 16.5. The molecule has 0 radical (unpaired) electrons. The minimum atomic E-state index is 0.517. The van der Waals surface area contributed by atoms with Crippen molar-refractivity contribution in [1.29, 1.82) is 0 Å². The minimum absolute atomic E-state index is 0.517. The topological polar surface area (TPSA) is 61.3 Å². The molecule has 2 N–H and O–H groups in total. The Morgan fingerprint density at radius 2 is 1.94 bits per heavy atom. The molecule has 17 heavy (non-hydrogen) atoms. The largest absolute Gasteiger partial charge is 0.492 e. The molecule has 2 rings (SSSR count). The monoisotopic (exact) mass is 232 g/mol. The number of ether oxygens (including phenoxy) is 1.